The molecule has 1 aliphatic carbocycles. The molecule has 1 amide bonds. The summed E-state index contributed by atoms with van der Waals surface area (Å²) in [6, 6.07) is 9.64. The maximum absolute atomic E-state index is 12.3. The maximum Gasteiger partial charge on any atom is 0.406 e. The second-order valence-electron chi connectivity index (χ2n) is 5.64. The lowest BCUT2D eigenvalue weighted by atomic mass is 9.81. The van der Waals surface area contributed by atoms with Gasteiger partial charge in [0.05, 0.1) is 0 Å². The normalized spacial score (nSPS) is 26.2. The van der Waals surface area contributed by atoms with Gasteiger partial charge in [0.2, 0.25) is 4.93 Å². The number of amides is 1. The number of hydrogen-bond donors (Lipinski definition) is 1. The number of sulfone groups is 1. The Labute approximate surface area is 125 Å². The van der Waals surface area contributed by atoms with E-state index in [0.717, 1.165) is 18.2 Å². The van der Waals surface area contributed by atoms with Gasteiger partial charge in [0.1, 0.15) is 0 Å². The first-order valence-electron chi connectivity index (χ1n) is 7.07. The largest absolute Gasteiger partial charge is 0.426 e. The second-order valence-corrected chi connectivity index (χ2v) is 7.87. The number of benzene rings is 1. The topological polar surface area (TPSA) is 86.5 Å². The Morgan fingerprint density at radius 2 is 2.00 bits per heavy atom. The standard InChI is InChI=1S/C15H21NO4S/c1-21(18,19)15(20-14(16)17)10-6-5-9-13(15)11-12-7-3-2-4-8-12/h2-4,7-8,13H,5-6,9-11H2,1H3,(H2,16,17). The van der Waals surface area contributed by atoms with Gasteiger partial charge in [-0.25, -0.2) is 13.2 Å². The van der Waals surface area contributed by atoms with Gasteiger partial charge in [-0.1, -0.05) is 36.8 Å². The number of nitrogens with two attached hydrogens (primary N) is 1. The molecule has 1 fully saturated rings. The minimum absolute atomic E-state index is 0.267. The first-order valence-corrected chi connectivity index (χ1v) is 8.96. The molecule has 0 radical (unpaired) electrons. The fourth-order valence-corrected chi connectivity index (χ4v) is 4.77. The number of hydrogen-bond acceptors (Lipinski definition) is 4. The lowest BCUT2D eigenvalue weighted by molar-refractivity contribution is 0.00818. The molecule has 0 aromatic heterocycles. The Morgan fingerprint density at radius 3 is 2.57 bits per heavy atom. The van der Waals surface area contributed by atoms with E-state index in [2.05, 4.69) is 0 Å². The Hall–Kier alpha value is -1.56. The van der Waals surface area contributed by atoms with Crippen LogP contribution in [0.5, 0.6) is 0 Å². The van der Waals surface area contributed by atoms with Crippen molar-refractivity contribution in [3.8, 4) is 0 Å². The van der Waals surface area contributed by atoms with E-state index in [-0.39, 0.29) is 5.92 Å². The average Bonchev–Trinajstić information content (AvgIpc) is 2.40. The molecule has 1 aromatic rings. The van der Waals surface area contributed by atoms with Crippen LogP contribution in [0.25, 0.3) is 0 Å². The van der Waals surface area contributed by atoms with E-state index in [1.165, 1.54) is 0 Å². The summed E-state index contributed by atoms with van der Waals surface area (Å²) in [4.78, 5) is 9.76. The van der Waals surface area contributed by atoms with E-state index in [1.54, 1.807) is 0 Å². The van der Waals surface area contributed by atoms with Crippen LogP contribution < -0.4 is 5.73 Å². The third-order valence-electron chi connectivity index (χ3n) is 4.18. The van der Waals surface area contributed by atoms with Crippen molar-refractivity contribution < 1.29 is 17.9 Å². The predicted octanol–water partition coefficient (Wildman–Crippen LogP) is 2.26. The van der Waals surface area contributed by atoms with Crippen LogP contribution in [0.3, 0.4) is 0 Å². The molecular weight excluding hydrogens is 290 g/mol. The first kappa shape index (κ1) is 15.8. The van der Waals surface area contributed by atoms with Crippen LogP contribution >= 0.6 is 0 Å². The van der Waals surface area contributed by atoms with Gasteiger partial charge in [-0.05, 0) is 24.8 Å². The number of ether oxygens (including phenoxy) is 1. The molecule has 0 spiro atoms. The predicted molar refractivity (Wildman–Crippen MR) is 80.3 cm³/mol. The second kappa shape index (κ2) is 6.05. The molecule has 0 aliphatic heterocycles. The minimum Gasteiger partial charge on any atom is -0.426 e. The monoisotopic (exact) mass is 311 g/mol. The molecule has 6 heteroatoms. The molecule has 1 aliphatic rings. The zero-order chi connectivity index (χ0) is 15.5. The third-order valence-corrected chi connectivity index (χ3v) is 6.05. The molecule has 2 unspecified atom stereocenters. The van der Waals surface area contributed by atoms with Crippen LogP contribution in [0.2, 0.25) is 0 Å². The fourth-order valence-electron chi connectivity index (χ4n) is 3.21. The van der Waals surface area contributed by atoms with Gasteiger partial charge in [0.25, 0.3) is 0 Å². The van der Waals surface area contributed by atoms with Crippen molar-refractivity contribution >= 4 is 15.9 Å². The van der Waals surface area contributed by atoms with Gasteiger partial charge in [0.15, 0.2) is 9.84 Å². The van der Waals surface area contributed by atoms with E-state index < -0.39 is 20.9 Å². The summed E-state index contributed by atoms with van der Waals surface area (Å²) in [5, 5.41) is 0. The third kappa shape index (κ3) is 3.37. The molecule has 21 heavy (non-hydrogen) atoms. The van der Waals surface area contributed by atoms with Crippen LogP contribution in [0.1, 0.15) is 31.2 Å². The molecule has 1 aromatic carbocycles. The molecule has 0 heterocycles. The summed E-state index contributed by atoms with van der Waals surface area (Å²) in [5.41, 5.74) is 6.17. The zero-order valence-electron chi connectivity index (χ0n) is 12.1. The minimum atomic E-state index is -3.57. The van der Waals surface area contributed by atoms with Crippen molar-refractivity contribution in [1.29, 1.82) is 0 Å². The molecule has 2 N–H and O–H groups in total. The van der Waals surface area contributed by atoms with Gasteiger partial charge in [-0.15, -0.1) is 0 Å². The van der Waals surface area contributed by atoms with E-state index in [0.29, 0.717) is 25.7 Å². The quantitative estimate of drug-likeness (QED) is 0.924. The summed E-state index contributed by atoms with van der Waals surface area (Å²) < 4.78 is 29.8. The molecule has 5 nitrogen and oxygen atoms in total. The van der Waals surface area contributed by atoms with E-state index in [9.17, 15) is 13.2 Å². The van der Waals surface area contributed by atoms with Crippen LogP contribution in [-0.2, 0) is 21.0 Å². The van der Waals surface area contributed by atoms with E-state index >= 15 is 0 Å². The zero-order valence-corrected chi connectivity index (χ0v) is 12.9. The Morgan fingerprint density at radius 1 is 1.33 bits per heavy atom. The first-order chi connectivity index (χ1) is 9.85. The summed E-state index contributed by atoms with van der Waals surface area (Å²) in [6.07, 6.45) is 3.31. The summed E-state index contributed by atoms with van der Waals surface area (Å²) in [5.74, 6) is -0.267. The number of carbonyl (C=O) groups excluding carboxylic acids is 1. The highest BCUT2D eigenvalue weighted by molar-refractivity contribution is 7.92. The molecule has 0 saturated heterocycles. The van der Waals surface area contributed by atoms with Crippen molar-refractivity contribution in [2.24, 2.45) is 11.7 Å². The Kier molecular flexibility index (Phi) is 4.56. The molecule has 116 valence electrons. The van der Waals surface area contributed by atoms with Crippen LogP contribution in [0.15, 0.2) is 30.3 Å². The summed E-state index contributed by atoms with van der Waals surface area (Å²) >= 11 is 0. The molecule has 2 atom stereocenters. The molecular formula is C15H21NO4S. The molecule has 2 rings (SSSR count). The van der Waals surface area contributed by atoms with Crippen molar-refractivity contribution in [2.45, 2.75) is 37.0 Å². The lowest BCUT2D eigenvalue weighted by Gasteiger charge is -2.41. The molecule has 1 saturated carbocycles. The lowest BCUT2D eigenvalue weighted by Crippen LogP contribution is -2.52. The van der Waals surface area contributed by atoms with Crippen LogP contribution in [-0.4, -0.2) is 25.7 Å². The highest BCUT2D eigenvalue weighted by atomic mass is 32.2. The summed E-state index contributed by atoms with van der Waals surface area (Å²) in [7, 11) is -3.57. The molecule has 0 bridgehead atoms. The Balaban J connectivity index is 2.36. The highest BCUT2D eigenvalue weighted by Gasteiger charge is 2.52. The van der Waals surface area contributed by atoms with Gasteiger partial charge in [0, 0.05) is 18.6 Å². The average molecular weight is 311 g/mol. The van der Waals surface area contributed by atoms with Crippen LogP contribution in [0.4, 0.5) is 4.79 Å². The van der Waals surface area contributed by atoms with Crippen molar-refractivity contribution in [3.63, 3.8) is 0 Å². The van der Waals surface area contributed by atoms with Crippen LogP contribution in [0, 0.1) is 5.92 Å². The SMILES string of the molecule is CS(=O)(=O)C1(OC(N)=O)CCCCC1Cc1ccccc1. The maximum atomic E-state index is 12.3. The summed E-state index contributed by atoms with van der Waals surface area (Å²) in [6.45, 7) is 0. The van der Waals surface area contributed by atoms with Gasteiger partial charge < -0.3 is 10.5 Å². The number of rotatable bonds is 4. The number of carbonyl (C=O) groups is 1. The fraction of sp³-hybridized carbons (Fsp3) is 0.533. The smallest absolute Gasteiger partial charge is 0.406 e. The van der Waals surface area contributed by atoms with Gasteiger partial charge >= 0.3 is 6.09 Å². The van der Waals surface area contributed by atoms with Crippen molar-refractivity contribution in [2.75, 3.05) is 6.26 Å². The van der Waals surface area contributed by atoms with Gasteiger partial charge in [-0.2, -0.15) is 0 Å². The number of primary amides is 1. The van der Waals surface area contributed by atoms with Crippen molar-refractivity contribution in [1.82, 2.24) is 0 Å². The van der Waals surface area contributed by atoms with Gasteiger partial charge in [-0.3, -0.25) is 0 Å². The highest BCUT2D eigenvalue weighted by Crippen LogP contribution is 2.42. The van der Waals surface area contributed by atoms with Crippen molar-refractivity contribution in [3.05, 3.63) is 35.9 Å². The Bertz CT molecular complexity index is 599. The van der Waals surface area contributed by atoms with E-state index in [1.807, 2.05) is 30.3 Å². The van der Waals surface area contributed by atoms with E-state index in [4.69, 9.17) is 10.5 Å².